The fourth-order valence-electron chi connectivity index (χ4n) is 4.04. The van der Waals surface area contributed by atoms with E-state index < -0.39 is 0 Å². The number of benzene rings is 1. The van der Waals surface area contributed by atoms with Gasteiger partial charge >= 0.3 is 0 Å². The molecule has 1 saturated heterocycles. The van der Waals surface area contributed by atoms with Crippen LogP contribution in [0.2, 0.25) is 0 Å². The molecule has 1 aliphatic heterocycles. The Morgan fingerprint density at radius 2 is 1.62 bits per heavy atom. The standard InChI is InChI=1S/C22H28N6O4/c1-6-18-24-25-22-23-19(11-14(2)28(18)22)26-7-9-27(10-8-26)21(29)15-12-16(30-3)20(32-5)17(13-15)31-4/h11-13H,6-10H2,1-5H3. The highest BCUT2D eigenvalue weighted by Gasteiger charge is 2.26. The van der Waals surface area contributed by atoms with Crippen molar-refractivity contribution < 1.29 is 19.0 Å². The normalized spacial score (nSPS) is 14.0. The van der Waals surface area contributed by atoms with E-state index in [0.717, 1.165) is 23.8 Å². The predicted octanol–water partition coefficient (Wildman–Crippen LogP) is 1.98. The van der Waals surface area contributed by atoms with E-state index in [4.69, 9.17) is 14.2 Å². The number of hydrogen-bond acceptors (Lipinski definition) is 8. The van der Waals surface area contributed by atoms with Crippen molar-refractivity contribution in [3.8, 4) is 17.2 Å². The van der Waals surface area contributed by atoms with Crippen LogP contribution in [0.15, 0.2) is 18.2 Å². The number of amides is 1. The molecule has 1 amide bonds. The predicted molar refractivity (Wildman–Crippen MR) is 119 cm³/mol. The van der Waals surface area contributed by atoms with Crippen LogP contribution in [0.5, 0.6) is 17.2 Å². The molecule has 0 N–H and O–H groups in total. The maximum Gasteiger partial charge on any atom is 0.257 e. The molecule has 1 fully saturated rings. The van der Waals surface area contributed by atoms with Gasteiger partial charge in [0, 0.05) is 49.9 Å². The lowest BCUT2D eigenvalue weighted by molar-refractivity contribution is 0.0745. The molecule has 2 aromatic heterocycles. The number of aromatic nitrogens is 4. The Labute approximate surface area is 186 Å². The van der Waals surface area contributed by atoms with E-state index >= 15 is 0 Å². The monoisotopic (exact) mass is 440 g/mol. The van der Waals surface area contributed by atoms with Crippen molar-refractivity contribution in [2.24, 2.45) is 0 Å². The highest BCUT2D eigenvalue weighted by Crippen LogP contribution is 2.38. The Bertz CT molecular complexity index is 1110. The molecule has 3 aromatic rings. The maximum atomic E-state index is 13.2. The first-order valence-electron chi connectivity index (χ1n) is 10.6. The third-order valence-electron chi connectivity index (χ3n) is 5.74. The van der Waals surface area contributed by atoms with E-state index in [1.54, 1.807) is 12.1 Å². The van der Waals surface area contributed by atoms with E-state index in [0.29, 0.717) is 54.8 Å². The number of piperazine rings is 1. The number of rotatable bonds is 6. The van der Waals surface area contributed by atoms with Crippen LogP contribution in [-0.4, -0.2) is 77.9 Å². The van der Waals surface area contributed by atoms with Crippen LogP contribution in [-0.2, 0) is 6.42 Å². The van der Waals surface area contributed by atoms with Crippen molar-refractivity contribution in [1.82, 2.24) is 24.5 Å². The Morgan fingerprint density at radius 1 is 0.969 bits per heavy atom. The van der Waals surface area contributed by atoms with Gasteiger partial charge in [0.2, 0.25) is 5.75 Å². The Morgan fingerprint density at radius 3 is 2.19 bits per heavy atom. The van der Waals surface area contributed by atoms with Crippen LogP contribution in [0, 0.1) is 6.92 Å². The number of nitrogens with zero attached hydrogens (tertiary/aromatic N) is 6. The highest BCUT2D eigenvalue weighted by molar-refractivity contribution is 5.95. The molecule has 0 saturated carbocycles. The third kappa shape index (κ3) is 3.76. The molecule has 0 aliphatic carbocycles. The molecule has 10 heteroatoms. The van der Waals surface area contributed by atoms with Gasteiger partial charge in [0.25, 0.3) is 11.7 Å². The van der Waals surface area contributed by atoms with Crippen molar-refractivity contribution in [2.75, 3.05) is 52.4 Å². The van der Waals surface area contributed by atoms with Crippen molar-refractivity contribution in [1.29, 1.82) is 0 Å². The topological polar surface area (TPSA) is 94.3 Å². The maximum absolute atomic E-state index is 13.2. The minimum Gasteiger partial charge on any atom is -0.493 e. The second-order valence-corrected chi connectivity index (χ2v) is 7.55. The molecule has 1 aliphatic rings. The summed E-state index contributed by atoms with van der Waals surface area (Å²) < 4.78 is 18.1. The van der Waals surface area contributed by atoms with E-state index in [9.17, 15) is 4.79 Å². The van der Waals surface area contributed by atoms with Gasteiger partial charge in [-0.3, -0.25) is 9.20 Å². The summed E-state index contributed by atoms with van der Waals surface area (Å²) in [6, 6.07) is 5.42. The first kappa shape index (κ1) is 21.7. The summed E-state index contributed by atoms with van der Waals surface area (Å²) in [6.07, 6.45) is 0.796. The summed E-state index contributed by atoms with van der Waals surface area (Å²) >= 11 is 0. The van der Waals surface area contributed by atoms with Gasteiger partial charge in [-0.15, -0.1) is 10.2 Å². The van der Waals surface area contributed by atoms with E-state index in [2.05, 4.69) is 20.1 Å². The molecule has 0 spiro atoms. The molecule has 0 unspecified atom stereocenters. The number of aryl methyl sites for hydroxylation is 2. The molecule has 0 bridgehead atoms. The summed E-state index contributed by atoms with van der Waals surface area (Å²) in [5, 5.41) is 8.43. The summed E-state index contributed by atoms with van der Waals surface area (Å²) in [6.45, 7) is 6.59. The second-order valence-electron chi connectivity index (χ2n) is 7.55. The SMILES string of the molecule is CCc1nnc2nc(N3CCN(C(=O)c4cc(OC)c(OC)c(OC)c4)CC3)cc(C)n12. The summed E-state index contributed by atoms with van der Waals surface area (Å²) in [4.78, 5) is 21.8. The molecule has 0 atom stereocenters. The third-order valence-corrected chi connectivity index (χ3v) is 5.74. The Balaban J connectivity index is 1.50. The molecule has 1 aromatic carbocycles. The number of ether oxygens (including phenoxy) is 3. The zero-order valence-corrected chi connectivity index (χ0v) is 19.1. The molecular weight excluding hydrogens is 412 g/mol. The lowest BCUT2D eigenvalue weighted by Gasteiger charge is -2.35. The van der Waals surface area contributed by atoms with Crippen molar-refractivity contribution >= 4 is 17.5 Å². The van der Waals surface area contributed by atoms with Gasteiger partial charge in [-0.2, -0.15) is 4.98 Å². The summed E-state index contributed by atoms with van der Waals surface area (Å²) in [5.74, 6) is 3.67. The fourth-order valence-corrected chi connectivity index (χ4v) is 4.04. The zero-order chi connectivity index (χ0) is 22.8. The van der Waals surface area contributed by atoms with Crippen molar-refractivity contribution in [3.05, 3.63) is 35.3 Å². The number of carbonyl (C=O) groups excluding carboxylic acids is 1. The lowest BCUT2D eigenvalue weighted by atomic mass is 10.1. The quantitative estimate of drug-likeness (QED) is 0.574. The van der Waals surface area contributed by atoms with Gasteiger partial charge in [-0.05, 0) is 19.1 Å². The molecule has 10 nitrogen and oxygen atoms in total. The van der Waals surface area contributed by atoms with Crippen LogP contribution >= 0.6 is 0 Å². The largest absolute Gasteiger partial charge is 0.493 e. The number of anilines is 1. The molecule has 170 valence electrons. The molecule has 3 heterocycles. The average Bonchev–Trinajstić information content (AvgIpc) is 3.26. The molecule has 0 radical (unpaired) electrons. The van der Waals surface area contributed by atoms with Gasteiger partial charge in [0.15, 0.2) is 11.5 Å². The molecular formula is C22H28N6O4. The van der Waals surface area contributed by atoms with Crippen LogP contribution < -0.4 is 19.1 Å². The van der Waals surface area contributed by atoms with Gasteiger partial charge in [0.05, 0.1) is 21.3 Å². The Kier molecular flexibility index (Phi) is 6.02. The smallest absolute Gasteiger partial charge is 0.257 e. The lowest BCUT2D eigenvalue weighted by Crippen LogP contribution is -2.49. The number of hydrogen-bond donors (Lipinski definition) is 0. The minimum atomic E-state index is -0.0754. The number of fused-ring (bicyclic) bond motifs is 1. The first-order valence-corrected chi connectivity index (χ1v) is 10.6. The molecule has 4 rings (SSSR count). The average molecular weight is 441 g/mol. The highest BCUT2D eigenvalue weighted by atomic mass is 16.5. The van der Waals surface area contributed by atoms with E-state index in [-0.39, 0.29) is 5.91 Å². The van der Waals surface area contributed by atoms with Crippen LogP contribution in [0.25, 0.3) is 5.78 Å². The van der Waals surface area contributed by atoms with Gasteiger partial charge in [-0.1, -0.05) is 6.92 Å². The summed E-state index contributed by atoms with van der Waals surface area (Å²) in [5.41, 5.74) is 1.54. The van der Waals surface area contributed by atoms with Crippen molar-refractivity contribution in [3.63, 3.8) is 0 Å². The number of methoxy groups -OCH3 is 3. The number of carbonyl (C=O) groups is 1. The zero-order valence-electron chi connectivity index (χ0n) is 19.1. The van der Waals surface area contributed by atoms with Gasteiger partial charge < -0.3 is 24.0 Å². The summed E-state index contributed by atoms with van der Waals surface area (Å²) in [7, 11) is 4.61. The minimum absolute atomic E-state index is 0.0754. The van der Waals surface area contributed by atoms with Gasteiger partial charge in [0.1, 0.15) is 11.6 Å². The van der Waals surface area contributed by atoms with Crippen LogP contribution in [0.3, 0.4) is 0 Å². The molecule has 32 heavy (non-hydrogen) atoms. The van der Waals surface area contributed by atoms with Crippen LogP contribution in [0.1, 0.15) is 28.8 Å². The van der Waals surface area contributed by atoms with Crippen molar-refractivity contribution in [2.45, 2.75) is 20.3 Å². The Hall–Kier alpha value is -3.56. The first-order chi connectivity index (χ1) is 15.5. The fraction of sp³-hybridized carbons (Fsp3) is 0.455. The van der Waals surface area contributed by atoms with Gasteiger partial charge in [-0.25, -0.2) is 0 Å². The second kappa shape index (κ2) is 8.89. The van der Waals surface area contributed by atoms with Crippen LogP contribution in [0.4, 0.5) is 5.82 Å². The van der Waals surface area contributed by atoms with E-state index in [1.165, 1.54) is 21.3 Å². The van der Waals surface area contributed by atoms with E-state index in [1.807, 2.05) is 29.2 Å².